The third-order valence-electron chi connectivity index (χ3n) is 3.09. The molecule has 0 fully saturated rings. The summed E-state index contributed by atoms with van der Waals surface area (Å²) in [5.41, 5.74) is 1.48. The average molecular weight is 311 g/mol. The van der Waals surface area contributed by atoms with Crippen molar-refractivity contribution in [1.82, 2.24) is 9.78 Å². The third-order valence-corrected chi connectivity index (χ3v) is 3.55. The van der Waals surface area contributed by atoms with Gasteiger partial charge in [-0.05, 0) is 25.5 Å². The van der Waals surface area contributed by atoms with Gasteiger partial charge in [0, 0.05) is 15.9 Å². The van der Waals surface area contributed by atoms with E-state index < -0.39 is 0 Å². The summed E-state index contributed by atoms with van der Waals surface area (Å²) in [7, 11) is 1.38. The zero-order chi connectivity index (χ0) is 13.3. The maximum atomic E-state index is 11.7. The molecule has 1 aromatic heterocycles. The number of fused-ring (bicyclic) bond motifs is 1. The largest absolute Gasteiger partial charge is 0.465 e. The fourth-order valence-electron chi connectivity index (χ4n) is 1.91. The van der Waals surface area contributed by atoms with Crippen molar-refractivity contribution in [2.24, 2.45) is 0 Å². The van der Waals surface area contributed by atoms with E-state index in [4.69, 9.17) is 4.74 Å². The first-order valence-electron chi connectivity index (χ1n) is 5.83. The molecule has 18 heavy (non-hydrogen) atoms. The van der Waals surface area contributed by atoms with Crippen LogP contribution in [0.25, 0.3) is 10.9 Å². The summed E-state index contributed by atoms with van der Waals surface area (Å²) < 4.78 is 7.58. The highest BCUT2D eigenvalue weighted by Crippen LogP contribution is 2.27. The summed E-state index contributed by atoms with van der Waals surface area (Å²) in [5, 5.41) is 5.20. The molecular formula is C13H15BrN2O2. The van der Waals surface area contributed by atoms with E-state index in [-0.39, 0.29) is 5.97 Å². The van der Waals surface area contributed by atoms with Crippen LogP contribution >= 0.6 is 15.9 Å². The first kappa shape index (κ1) is 13.1. The van der Waals surface area contributed by atoms with E-state index in [1.165, 1.54) is 7.11 Å². The highest BCUT2D eigenvalue weighted by atomic mass is 79.9. The summed E-state index contributed by atoms with van der Waals surface area (Å²) in [6.45, 7) is 4.21. The first-order chi connectivity index (χ1) is 8.58. The van der Waals surface area contributed by atoms with Gasteiger partial charge in [-0.2, -0.15) is 5.10 Å². The maximum absolute atomic E-state index is 11.7. The third kappa shape index (κ3) is 2.14. The fourth-order valence-corrected chi connectivity index (χ4v) is 2.36. The number of methoxy groups -OCH3 is 1. The average Bonchev–Trinajstić information content (AvgIpc) is 2.79. The van der Waals surface area contributed by atoms with Gasteiger partial charge in [-0.25, -0.2) is 4.79 Å². The van der Waals surface area contributed by atoms with E-state index >= 15 is 0 Å². The van der Waals surface area contributed by atoms with Crippen LogP contribution in [0.2, 0.25) is 0 Å². The lowest BCUT2D eigenvalue weighted by Crippen LogP contribution is -2.06. The van der Waals surface area contributed by atoms with Crippen LogP contribution in [-0.4, -0.2) is 22.9 Å². The Morgan fingerprint density at radius 3 is 2.89 bits per heavy atom. The molecule has 1 atom stereocenters. The second-order valence-electron chi connectivity index (χ2n) is 4.22. The van der Waals surface area contributed by atoms with Crippen LogP contribution < -0.4 is 0 Å². The second-order valence-corrected chi connectivity index (χ2v) is 5.14. The molecule has 0 N–H and O–H groups in total. The molecule has 0 saturated carbocycles. The molecule has 2 aromatic rings. The number of carbonyl (C=O) groups excluding carboxylic acids is 1. The van der Waals surface area contributed by atoms with Crippen LogP contribution in [0.4, 0.5) is 0 Å². The van der Waals surface area contributed by atoms with Crippen molar-refractivity contribution < 1.29 is 9.53 Å². The molecule has 0 aliphatic rings. The second kappa shape index (κ2) is 5.10. The van der Waals surface area contributed by atoms with Crippen molar-refractivity contribution in [3.63, 3.8) is 0 Å². The summed E-state index contributed by atoms with van der Waals surface area (Å²) in [4.78, 5) is 11.7. The molecule has 0 amide bonds. The van der Waals surface area contributed by atoms with Gasteiger partial charge >= 0.3 is 5.97 Å². The predicted octanol–water partition coefficient (Wildman–Crippen LogP) is 3.56. The number of ether oxygens (including phenoxy) is 1. The quantitative estimate of drug-likeness (QED) is 0.814. The standard InChI is InChI=1S/C13H15BrN2O2/c1-4-8(2)16-12-6-9(14)5-10(13(17)18-3)11(12)7-15-16/h5-8H,4H2,1-3H3/t8-/m0/s1. The molecule has 4 nitrogen and oxygen atoms in total. The summed E-state index contributed by atoms with van der Waals surface area (Å²) in [5.74, 6) is -0.343. The molecule has 96 valence electrons. The van der Waals surface area contributed by atoms with Gasteiger partial charge in [-0.3, -0.25) is 4.68 Å². The van der Waals surface area contributed by atoms with Crippen molar-refractivity contribution in [1.29, 1.82) is 0 Å². The SMILES string of the molecule is CC[C@H](C)n1ncc2c(C(=O)OC)cc(Br)cc21. The Kier molecular flexibility index (Phi) is 3.71. The van der Waals surface area contributed by atoms with Crippen molar-refractivity contribution in [2.45, 2.75) is 26.3 Å². The molecule has 0 bridgehead atoms. The lowest BCUT2D eigenvalue weighted by atomic mass is 10.1. The van der Waals surface area contributed by atoms with Crippen LogP contribution in [-0.2, 0) is 4.74 Å². The number of aromatic nitrogens is 2. The summed E-state index contributed by atoms with van der Waals surface area (Å²) in [6.07, 6.45) is 2.71. The van der Waals surface area contributed by atoms with Crippen LogP contribution in [0, 0.1) is 0 Å². The number of rotatable bonds is 3. The molecule has 2 rings (SSSR count). The van der Waals surface area contributed by atoms with E-state index in [9.17, 15) is 4.79 Å². The van der Waals surface area contributed by atoms with Crippen LogP contribution in [0.15, 0.2) is 22.8 Å². The minimum absolute atomic E-state index is 0.294. The lowest BCUT2D eigenvalue weighted by molar-refractivity contribution is 0.0603. The number of carbonyl (C=O) groups is 1. The van der Waals surface area contributed by atoms with Gasteiger partial charge in [0.15, 0.2) is 0 Å². The Morgan fingerprint density at radius 2 is 2.28 bits per heavy atom. The summed E-state index contributed by atoms with van der Waals surface area (Å²) >= 11 is 3.42. The highest BCUT2D eigenvalue weighted by molar-refractivity contribution is 9.10. The van der Waals surface area contributed by atoms with Crippen molar-refractivity contribution in [2.75, 3.05) is 7.11 Å². The topological polar surface area (TPSA) is 44.1 Å². The van der Waals surface area contributed by atoms with E-state index in [2.05, 4.69) is 34.9 Å². The highest BCUT2D eigenvalue weighted by Gasteiger charge is 2.16. The molecular weight excluding hydrogens is 296 g/mol. The fraction of sp³-hybridized carbons (Fsp3) is 0.385. The minimum atomic E-state index is -0.343. The van der Waals surface area contributed by atoms with Crippen molar-refractivity contribution in [3.8, 4) is 0 Å². The smallest absolute Gasteiger partial charge is 0.338 e. The number of hydrogen-bond donors (Lipinski definition) is 0. The van der Waals surface area contributed by atoms with Gasteiger partial charge in [-0.15, -0.1) is 0 Å². The monoisotopic (exact) mass is 310 g/mol. The van der Waals surface area contributed by atoms with E-state index in [1.54, 1.807) is 12.3 Å². The molecule has 0 unspecified atom stereocenters. The van der Waals surface area contributed by atoms with Gasteiger partial charge in [0.2, 0.25) is 0 Å². The normalized spacial score (nSPS) is 12.7. The lowest BCUT2D eigenvalue weighted by Gasteiger charge is -2.11. The van der Waals surface area contributed by atoms with Gasteiger partial charge in [-0.1, -0.05) is 22.9 Å². The van der Waals surface area contributed by atoms with Crippen LogP contribution in [0.5, 0.6) is 0 Å². The molecule has 0 aliphatic carbocycles. The number of benzene rings is 1. The van der Waals surface area contributed by atoms with Crippen molar-refractivity contribution in [3.05, 3.63) is 28.4 Å². The molecule has 0 spiro atoms. The Morgan fingerprint density at radius 1 is 1.56 bits per heavy atom. The van der Waals surface area contributed by atoms with Crippen LogP contribution in [0.1, 0.15) is 36.7 Å². The molecule has 1 heterocycles. The Balaban J connectivity index is 2.68. The molecule has 0 saturated heterocycles. The molecule has 1 aromatic carbocycles. The first-order valence-corrected chi connectivity index (χ1v) is 6.62. The van der Waals surface area contributed by atoms with Gasteiger partial charge in [0.05, 0.1) is 24.4 Å². The number of hydrogen-bond acceptors (Lipinski definition) is 3. The molecule has 0 radical (unpaired) electrons. The Labute approximate surface area is 114 Å². The zero-order valence-electron chi connectivity index (χ0n) is 10.6. The van der Waals surface area contributed by atoms with Crippen molar-refractivity contribution >= 4 is 32.8 Å². The number of esters is 1. The zero-order valence-corrected chi connectivity index (χ0v) is 12.2. The van der Waals surface area contributed by atoms with E-state index in [0.29, 0.717) is 11.6 Å². The predicted molar refractivity (Wildman–Crippen MR) is 73.8 cm³/mol. The van der Waals surface area contributed by atoms with E-state index in [0.717, 1.165) is 21.8 Å². The Hall–Kier alpha value is -1.36. The number of halogens is 1. The molecule has 5 heteroatoms. The molecule has 0 aliphatic heterocycles. The van der Waals surface area contributed by atoms with Gasteiger partial charge in [0.25, 0.3) is 0 Å². The Bertz CT molecular complexity index is 592. The number of nitrogens with zero attached hydrogens (tertiary/aromatic N) is 2. The van der Waals surface area contributed by atoms with E-state index in [1.807, 2.05) is 10.7 Å². The van der Waals surface area contributed by atoms with Crippen LogP contribution in [0.3, 0.4) is 0 Å². The summed E-state index contributed by atoms with van der Waals surface area (Å²) in [6, 6.07) is 4.03. The van der Waals surface area contributed by atoms with Gasteiger partial charge < -0.3 is 4.74 Å². The minimum Gasteiger partial charge on any atom is -0.465 e. The van der Waals surface area contributed by atoms with Gasteiger partial charge in [0.1, 0.15) is 0 Å². The maximum Gasteiger partial charge on any atom is 0.338 e.